The molecular weight excluding hydrogens is 448 g/mol. The van der Waals surface area contributed by atoms with Crippen molar-refractivity contribution in [3.63, 3.8) is 0 Å². The van der Waals surface area contributed by atoms with E-state index in [2.05, 4.69) is 10.6 Å². The number of alkyl halides is 4. The molecule has 0 aromatic heterocycles. The summed E-state index contributed by atoms with van der Waals surface area (Å²) in [5.41, 5.74) is -1.09. The molecule has 2 saturated carbocycles. The summed E-state index contributed by atoms with van der Waals surface area (Å²) in [6.45, 7) is 3.36. The van der Waals surface area contributed by atoms with Crippen molar-refractivity contribution in [2.24, 2.45) is 11.8 Å². The van der Waals surface area contributed by atoms with Gasteiger partial charge in [0.2, 0.25) is 5.91 Å². The van der Waals surface area contributed by atoms with E-state index in [9.17, 15) is 27.2 Å². The predicted molar refractivity (Wildman–Crippen MR) is 115 cm³/mol. The molecule has 3 fully saturated rings. The van der Waals surface area contributed by atoms with Gasteiger partial charge in [-0.25, -0.2) is 4.39 Å². The smallest absolute Gasteiger partial charge is 0.359 e. The maximum atomic E-state index is 14.8. The second-order valence-corrected chi connectivity index (χ2v) is 9.97. The van der Waals surface area contributed by atoms with E-state index in [0.29, 0.717) is 19.3 Å². The largest absolute Gasteiger partial charge is 0.393 e. The summed E-state index contributed by atoms with van der Waals surface area (Å²) in [4.78, 5) is 28.3. The van der Waals surface area contributed by atoms with E-state index in [4.69, 9.17) is 12.2 Å². The molecule has 0 radical (unpaired) electrons. The van der Waals surface area contributed by atoms with Crippen LogP contribution in [0, 0.1) is 11.8 Å². The molecular formula is C21H32F4N4O2S. The topological polar surface area (TPSA) is 64.7 Å². The van der Waals surface area contributed by atoms with Gasteiger partial charge in [-0.05, 0) is 71.6 Å². The van der Waals surface area contributed by atoms with Crippen LogP contribution in [0.4, 0.5) is 17.6 Å². The van der Waals surface area contributed by atoms with Gasteiger partial charge in [-0.2, -0.15) is 13.2 Å². The molecule has 2 N–H and O–H groups in total. The molecule has 0 aromatic rings. The van der Waals surface area contributed by atoms with Crippen molar-refractivity contribution >= 4 is 29.1 Å². The Morgan fingerprint density at radius 2 is 1.72 bits per heavy atom. The van der Waals surface area contributed by atoms with Crippen molar-refractivity contribution in [1.29, 1.82) is 0 Å². The van der Waals surface area contributed by atoms with Gasteiger partial charge in [-0.15, -0.1) is 0 Å². The highest BCUT2D eigenvalue weighted by molar-refractivity contribution is 7.80. The highest BCUT2D eigenvalue weighted by Gasteiger charge is 2.57. The van der Waals surface area contributed by atoms with Crippen molar-refractivity contribution in [2.75, 3.05) is 14.1 Å². The third-order valence-corrected chi connectivity index (χ3v) is 7.82. The third-order valence-electron chi connectivity index (χ3n) is 7.43. The van der Waals surface area contributed by atoms with E-state index in [0.717, 1.165) is 0 Å². The summed E-state index contributed by atoms with van der Waals surface area (Å²) < 4.78 is 55.8. The first-order valence-electron chi connectivity index (χ1n) is 11.1. The Morgan fingerprint density at radius 3 is 2.25 bits per heavy atom. The van der Waals surface area contributed by atoms with E-state index < -0.39 is 47.8 Å². The number of halogens is 4. The van der Waals surface area contributed by atoms with Crippen molar-refractivity contribution in [2.45, 2.75) is 88.4 Å². The molecule has 3 aliphatic rings. The fraction of sp³-hybridized carbons (Fsp3) is 0.857. The maximum Gasteiger partial charge on any atom is 0.393 e. The van der Waals surface area contributed by atoms with Crippen LogP contribution in [0.1, 0.15) is 52.4 Å². The zero-order chi connectivity index (χ0) is 24.0. The van der Waals surface area contributed by atoms with Gasteiger partial charge in [-0.1, -0.05) is 0 Å². The van der Waals surface area contributed by atoms with Crippen LogP contribution in [0.15, 0.2) is 0 Å². The molecule has 0 bridgehead atoms. The highest BCUT2D eigenvalue weighted by Crippen LogP contribution is 2.43. The van der Waals surface area contributed by atoms with Gasteiger partial charge in [0, 0.05) is 25.2 Å². The summed E-state index contributed by atoms with van der Waals surface area (Å²) in [6.07, 6.45) is -4.46. The normalized spacial score (nSPS) is 35.9. The van der Waals surface area contributed by atoms with Crippen molar-refractivity contribution in [3.8, 4) is 0 Å². The monoisotopic (exact) mass is 480 g/mol. The number of nitrogens with zero attached hydrogens (tertiary/aromatic N) is 2. The molecule has 6 nitrogen and oxygen atoms in total. The predicted octanol–water partition coefficient (Wildman–Crippen LogP) is 2.77. The fourth-order valence-electron chi connectivity index (χ4n) is 5.67. The Balaban J connectivity index is 1.81. The van der Waals surface area contributed by atoms with Crippen LogP contribution >= 0.6 is 12.2 Å². The molecule has 1 aliphatic heterocycles. The Kier molecular flexibility index (Phi) is 7.10. The molecule has 11 heteroatoms. The zero-order valence-electron chi connectivity index (χ0n) is 18.8. The Bertz CT molecular complexity index is 763. The molecule has 2 amide bonds. The van der Waals surface area contributed by atoms with Gasteiger partial charge in [0.15, 0.2) is 5.11 Å². The summed E-state index contributed by atoms with van der Waals surface area (Å²) in [7, 11) is 2.98. The average molecular weight is 481 g/mol. The minimum Gasteiger partial charge on any atom is -0.359 e. The number of hydrogen-bond donors (Lipinski definition) is 2. The molecule has 3 rings (SSSR count). The van der Waals surface area contributed by atoms with Crippen molar-refractivity contribution in [3.05, 3.63) is 0 Å². The van der Waals surface area contributed by atoms with Crippen LogP contribution in [0.25, 0.3) is 0 Å². The summed E-state index contributed by atoms with van der Waals surface area (Å²) in [5, 5.41) is 5.40. The first kappa shape index (κ1) is 25.1. The number of hydrogen-bond acceptors (Lipinski definition) is 4. The molecule has 6 unspecified atom stereocenters. The van der Waals surface area contributed by atoms with Crippen molar-refractivity contribution < 1.29 is 27.2 Å². The average Bonchev–Trinajstić information content (AvgIpc) is 2.90. The molecule has 0 aromatic carbocycles. The number of nitrogens with one attached hydrogen (secondary N) is 2. The van der Waals surface area contributed by atoms with Gasteiger partial charge in [-0.3, -0.25) is 14.5 Å². The summed E-state index contributed by atoms with van der Waals surface area (Å²) in [5.74, 6) is -3.01. The fourth-order valence-corrected chi connectivity index (χ4v) is 6.28. The number of thiocarbonyl (C=S) groups is 1. The standard InChI is InChI=1S/C21H32F4N4O2S/c1-20(2)18(31)28(11-6-8-16(26-3)14(9-11)21(23,24)25)19(32)29(20)12-5-7-13(15(22)10-12)17(30)27-4/h11-16,26H,5-10H2,1-4H3,(H,27,30). The van der Waals surface area contributed by atoms with Gasteiger partial charge in [0.1, 0.15) is 11.7 Å². The number of amides is 2. The minimum atomic E-state index is -4.38. The molecule has 0 spiro atoms. The molecule has 1 saturated heterocycles. The summed E-state index contributed by atoms with van der Waals surface area (Å²) in [6, 6.07) is -1.75. The minimum absolute atomic E-state index is 0.0421. The maximum absolute atomic E-state index is 14.8. The quantitative estimate of drug-likeness (QED) is 0.479. The van der Waals surface area contributed by atoms with E-state index in [1.165, 1.54) is 19.0 Å². The molecule has 2 aliphatic carbocycles. The number of carbonyl (C=O) groups is 2. The second kappa shape index (κ2) is 9.04. The van der Waals surface area contributed by atoms with E-state index in [1.807, 2.05) is 0 Å². The van der Waals surface area contributed by atoms with Crippen molar-refractivity contribution in [1.82, 2.24) is 20.4 Å². The van der Waals surface area contributed by atoms with Gasteiger partial charge in [0.05, 0.1) is 11.8 Å². The third kappa shape index (κ3) is 4.34. The van der Waals surface area contributed by atoms with Crippen LogP contribution in [-0.4, -0.2) is 76.8 Å². The number of rotatable bonds is 4. The Labute approximate surface area is 191 Å². The van der Waals surface area contributed by atoms with E-state index in [-0.39, 0.29) is 36.2 Å². The molecule has 32 heavy (non-hydrogen) atoms. The lowest BCUT2D eigenvalue weighted by atomic mass is 9.80. The molecule has 1 heterocycles. The Morgan fingerprint density at radius 1 is 1.09 bits per heavy atom. The van der Waals surface area contributed by atoms with Gasteiger partial charge < -0.3 is 15.5 Å². The van der Waals surface area contributed by atoms with Gasteiger partial charge in [0.25, 0.3) is 5.91 Å². The first-order valence-corrected chi connectivity index (χ1v) is 11.5. The highest BCUT2D eigenvalue weighted by atomic mass is 32.1. The van der Waals surface area contributed by atoms with Crippen LogP contribution < -0.4 is 10.6 Å². The van der Waals surface area contributed by atoms with Crippen LogP contribution in [0.2, 0.25) is 0 Å². The lowest BCUT2D eigenvalue weighted by Crippen LogP contribution is -2.53. The SMILES string of the molecule is CNC(=O)C1CCC(N2C(=S)N(C3CCC(NC)C(C(F)(F)F)C3)C(=O)C2(C)C)CC1F. The lowest BCUT2D eigenvalue weighted by Gasteiger charge is -2.42. The van der Waals surface area contributed by atoms with E-state index >= 15 is 0 Å². The van der Waals surface area contributed by atoms with E-state index in [1.54, 1.807) is 18.7 Å². The van der Waals surface area contributed by atoms with Crippen LogP contribution in [-0.2, 0) is 9.59 Å². The second-order valence-electron chi connectivity index (χ2n) is 9.60. The Hall–Kier alpha value is -1.49. The first-order chi connectivity index (χ1) is 14.8. The zero-order valence-corrected chi connectivity index (χ0v) is 19.7. The molecule has 182 valence electrons. The van der Waals surface area contributed by atoms with Gasteiger partial charge >= 0.3 is 6.18 Å². The molecule has 6 atom stereocenters. The lowest BCUT2D eigenvalue weighted by molar-refractivity contribution is -0.193. The number of carbonyl (C=O) groups excluding carboxylic acids is 2. The van der Waals surface area contributed by atoms with Crippen LogP contribution in [0.3, 0.4) is 0 Å². The summed E-state index contributed by atoms with van der Waals surface area (Å²) >= 11 is 5.61. The van der Waals surface area contributed by atoms with Crippen LogP contribution in [0.5, 0.6) is 0 Å².